The number of carbonyl (C=O) groups excluding carboxylic acids is 2. The number of nitro benzene ring substituents is 1. The fourth-order valence-corrected chi connectivity index (χ4v) is 3.32. The van der Waals surface area contributed by atoms with E-state index < -0.39 is 10.8 Å². The fourth-order valence-electron chi connectivity index (χ4n) is 3.32. The number of fused-ring (bicyclic) bond motifs is 2. The quantitative estimate of drug-likeness (QED) is 0.327. The molecule has 3 atom stereocenters. The number of hydrogen-bond donors (Lipinski definition) is 2. The third-order valence-corrected chi connectivity index (χ3v) is 4.55. The van der Waals surface area contributed by atoms with Crippen molar-refractivity contribution in [1.29, 1.82) is 0 Å². The van der Waals surface area contributed by atoms with Crippen molar-refractivity contribution < 1.29 is 24.0 Å². The monoisotopic (exact) mass is 349 g/mol. The Kier molecular flexibility index (Phi) is 4.84. The topological polar surface area (TPSA) is 134 Å². The molecule has 2 saturated heterocycles. The molecule has 9 heteroatoms. The molecule has 2 fully saturated rings. The predicted molar refractivity (Wildman–Crippen MR) is 87.1 cm³/mol. The molecule has 2 aliphatic heterocycles. The van der Waals surface area contributed by atoms with E-state index in [1.165, 1.54) is 12.1 Å². The molecular formula is C16H19N3O6. The van der Waals surface area contributed by atoms with E-state index in [2.05, 4.69) is 5.32 Å². The van der Waals surface area contributed by atoms with Gasteiger partial charge < -0.3 is 20.5 Å². The highest BCUT2D eigenvalue weighted by Gasteiger charge is 2.45. The predicted octanol–water partition coefficient (Wildman–Crippen LogP) is 1.22. The third kappa shape index (κ3) is 3.71. The zero-order chi connectivity index (χ0) is 18.0. The maximum Gasteiger partial charge on any atom is 0.311 e. The van der Waals surface area contributed by atoms with Crippen LogP contribution in [0, 0.1) is 16.0 Å². The molecular weight excluding hydrogens is 330 g/mol. The molecule has 25 heavy (non-hydrogen) atoms. The Labute approximate surface area is 143 Å². The molecule has 0 saturated carbocycles. The summed E-state index contributed by atoms with van der Waals surface area (Å²) in [4.78, 5) is 33.7. The number of nitro groups is 1. The molecule has 1 amide bonds. The molecule has 2 aliphatic rings. The van der Waals surface area contributed by atoms with Gasteiger partial charge >= 0.3 is 5.97 Å². The average molecular weight is 349 g/mol. The highest BCUT2D eigenvalue weighted by Crippen LogP contribution is 2.39. The summed E-state index contributed by atoms with van der Waals surface area (Å²) in [5, 5.41) is 13.9. The Morgan fingerprint density at radius 1 is 1.40 bits per heavy atom. The first-order chi connectivity index (χ1) is 12.0. The van der Waals surface area contributed by atoms with Crippen molar-refractivity contribution in [2.24, 2.45) is 11.7 Å². The van der Waals surface area contributed by atoms with Crippen molar-refractivity contribution in [3.05, 3.63) is 33.9 Å². The zero-order valence-electron chi connectivity index (χ0n) is 13.5. The lowest BCUT2D eigenvalue weighted by Crippen LogP contribution is -2.28. The number of nitrogens with one attached hydrogen (secondary N) is 1. The van der Waals surface area contributed by atoms with Gasteiger partial charge in [0.15, 0.2) is 0 Å². The molecule has 0 radical (unpaired) electrons. The SMILES string of the molecule is NC(=O)c1ccc(NCCOC(=O)C2CC3CCC2O3)c([N+](=O)[O-])c1. The molecule has 134 valence electrons. The lowest BCUT2D eigenvalue weighted by atomic mass is 9.89. The molecule has 0 spiro atoms. The van der Waals surface area contributed by atoms with Crippen LogP contribution in [0.25, 0.3) is 0 Å². The second-order valence-corrected chi connectivity index (χ2v) is 6.16. The van der Waals surface area contributed by atoms with E-state index >= 15 is 0 Å². The Balaban J connectivity index is 1.51. The zero-order valence-corrected chi connectivity index (χ0v) is 13.5. The molecule has 0 aliphatic carbocycles. The summed E-state index contributed by atoms with van der Waals surface area (Å²) in [6.07, 6.45) is 2.74. The summed E-state index contributed by atoms with van der Waals surface area (Å²) in [7, 11) is 0. The smallest absolute Gasteiger partial charge is 0.311 e. The second-order valence-electron chi connectivity index (χ2n) is 6.16. The maximum absolute atomic E-state index is 12.1. The number of ether oxygens (including phenoxy) is 2. The minimum Gasteiger partial charge on any atom is -0.464 e. The standard InChI is InChI=1S/C16H19N3O6/c17-15(20)9-1-3-12(13(7-9)19(22)23)18-5-6-24-16(21)11-8-10-2-4-14(11)25-10/h1,3,7,10-11,14,18H,2,4-6,8H2,(H2,17,20). The van der Waals surface area contributed by atoms with Crippen molar-refractivity contribution in [2.75, 3.05) is 18.5 Å². The summed E-state index contributed by atoms with van der Waals surface area (Å²) >= 11 is 0. The number of hydrogen-bond acceptors (Lipinski definition) is 7. The van der Waals surface area contributed by atoms with Crippen LogP contribution in [-0.4, -0.2) is 42.2 Å². The summed E-state index contributed by atoms with van der Waals surface area (Å²) in [5.74, 6) is -1.23. The summed E-state index contributed by atoms with van der Waals surface area (Å²) < 4.78 is 10.9. The number of primary amides is 1. The van der Waals surface area contributed by atoms with Gasteiger partial charge in [-0.2, -0.15) is 0 Å². The number of rotatable bonds is 7. The van der Waals surface area contributed by atoms with Gasteiger partial charge in [-0.1, -0.05) is 0 Å². The van der Waals surface area contributed by atoms with E-state index in [1.807, 2.05) is 0 Å². The van der Waals surface area contributed by atoms with Gasteiger partial charge in [0.1, 0.15) is 12.3 Å². The largest absolute Gasteiger partial charge is 0.464 e. The van der Waals surface area contributed by atoms with Gasteiger partial charge in [0, 0.05) is 18.2 Å². The van der Waals surface area contributed by atoms with Crippen molar-refractivity contribution in [3.63, 3.8) is 0 Å². The molecule has 9 nitrogen and oxygen atoms in total. The van der Waals surface area contributed by atoms with Crippen LogP contribution in [0.5, 0.6) is 0 Å². The lowest BCUT2D eigenvalue weighted by Gasteiger charge is -2.17. The Hall–Kier alpha value is -2.68. The van der Waals surface area contributed by atoms with Crippen molar-refractivity contribution in [1.82, 2.24) is 0 Å². The van der Waals surface area contributed by atoms with Crippen molar-refractivity contribution in [3.8, 4) is 0 Å². The van der Waals surface area contributed by atoms with E-state index in [-0.39, 0.29) is 54.2 Å². The summed E-state index contributed by atoms with van der Waals surface area (Å²) in [6, 6.07) is 3.92. The Morgan fingerprint density at radius 3 is 2.80 bits per heavy atom. The number of anilines is 1. The number of nitrogens with two attached hydrogens (primary N) is 1. The fraction of sp³-hybridized carbons (Fsp3) is 0.500. The van der Waals surface area contributed by atoms with E-state index in [9.17, 15) is 19.7 Å². The van der Waals surface area contributed by atoms with Crippen LogP contribution < -0.4 is 11.1 Å². The van der Waals surface area contributed by atoms with E-state index in [0.29, 0.717) is 6.42 Å². The van der Waals surface area contributed by atoms with Crippen LogP contribution in [0.1, 0.15) is 29.6 Å². The van der Waals surface area contributed by atoms with Crippen LogP contribution in [-0.2, 0) is 14.3 Å². The molecule has 2 bridgehead atoms. The Bertz CT molecular complexity index is 707. The number of carbonyl (C=O) groups is 2. The van der Waals surface area contributed by atoms with Gasteiger partial charge in [0.25, 0.3) is 5.69 Å². The maximum atomic E-state index is 12.1. The van der Waals surface area contributed by atoms with Crippen LogP contribution >= 0.6 is 0 Å². The van der Waals surface area contributed by atoms with E-state index in [1.54, 1.807) is 0 Å². The second kappa shape index (κ2) is 7.06. The van der Waals surface area contributed by atoms with E-state index in [4.69, 9.17) is 15.2 Å². The minimum absolute atomic E-state index is 0.0344. The first kappa shape index (κ1) is 17.2. The van der Waals surface area contributed by atoms with Gasteiger partial charge in [0.2, 0.25) is 5.91 Å². The van der Waals surface area contributed by atoms with Crippen molar-refractivity contribution in [2.45, 2.75) is 31.5 Å². The van der Waals surface area contributed by atoms with Gasteiger partial charge in [0.05, 0.1) is 23.0 Å². The van der Waals surface area contributed by atoms with Crippen LogP contribution in [0.3, 0.4) is 0 Å². The average Bonchev–Trinajstić information content (AvgIpc) is 3.21. The number of benzene rings is 1. The van der Waals surface area contributed by atoms with Crippen LogP contribution in [0.4, 0.5) is 11.4 Å². The van der Waals surface area contributed by atoms with Gasteiger partial charge in [-0.25, -0.2) is 0 Å². The Morgan fingerprint density at radius 2 is 2.20 bits per heavy atom. The highest BCUT2D eigenvalue weighted by molar-refractivity contribution is 5.94. The third-order valence-electron chi connectivity index (χ3n) is 4.55. The molecule has 1 aromatic carbocycles. The number of esters is 1. The van der Waals surface area contributed by atoms with Gasteiger partial charge in [-0.3, -0.25) is 19.7 Å². The molecule has 0 aromatic heterocycles. The molecule has 3 unspecified atom stereocenters. The first-order valence-corrected chi connectivity index (χ1v) is 8.10. The van der Waals surface area contributed by atoms with Gasteiger partial charge in [-0.15, -0.1) is 0 Å². The minimum atomic E-state index is -0.739. The van der Waals surface area contributed by atoms with E-state index in [0.717, 1.165) is 18.9 Å². The molecule has 3 rings (SSSR count). The molecule has 1 aromatic rings. The number of nitrogens with zero attached hydrogens (tertiary/aromatic N) is 1. The first-order valence-electron chi connectivity index (χ1n) is 8.10. The molecule has 3 N–H and O–H groups in total. The highest BCUT2D eigenvalue weighted by atomic mass is 16.6. The molecule has 2 heterocycles. The van der Waals surface area contributed by atoms with Gasteiger partial charge in [-0.05, 0) is 31.4 Å². The lowest BCUT2D eigenvalue weighted by molar-refractivity contribution is -0.384. The normalized spacial score (nSPS) is 24.1. The summed E-state index contributed by atoms with van der Waals surface area (Å²) in [5.41, 5.74) is 5.15. The van der Waals surface area contributed by atoms with Crippen LogP contribution in [0.2, 0.25) is 0 Å². The van der Waals surface area contributed by atoms with Crippen LogP contribution in [0.15, 0.2) is 18.2 Å². The number of amides is 1. The summed E-state index contributed by atoms with van der Waals surface area (Å²) in [6.45, 7) is 0.297. The van der Waals surface area contributed by atoms with Crippen molar-refractivity contribution >= 4 is 23.3 Å².